The van der Waals surface area contributed by atoms with Crippen molar-refractivity contribution in [2.75, 3.05) is 20.8 Å². The van der Waals surface area contributed by atoms with Gasteiger partial charge in [-0.05, 0) is 35.6 Å². The van der Waals surface area contributed by atoms with Gasteiger partial charge in [-0.1, -0.05) is 6.07 Å². The van der Waals surface area contributed by atoms with Crippen LogP contribution in [0.3, 0.4) is 0 Å². The van der Waals surface area contributed by atoms with E-state index < -0.39 is 0 Å². The summed E-state index contributed by atoms with van der Waals surface area (Å²) in [5.41, 5.74) is 3.50. The maximum atomic E-state index is 5.39. The first-order valence-electron chi connectivity index (χ1n) is 6.17. The van der Waals surface area contributed by atoms with E-state index in [9.17, 15) is 0 Å². The highest BCUT2D eigenvalue weighted by Gasteiger charge is 2.19. The zero-order valence-corrected chi connectivity index (χ0v) is 11.8. The van der Waals surface area contributed by atoms with E-state index in [1.54, 1.807) is 25.6 Å². The molecular weight excluding hydrogens is 258 g/mol. The monoisotopic (exact) mass is 273 g/mol. The van der Waals surface area contributed by atoms with E-state index in [0.29, 0.717) is 0 Å². The van der Waals surface area contributed by atoms with Crippen LogP contribution in [-0.4, -0.2) is 26.5 Å². The van der Waals surface area contributed by atoms with Crippen LogP contribution in [0.1, 0.15) is 16.0 Å². The van der Waals surface area contributed by atoms with E-state index >= 15 is 0 Å². The summed E-state index contributed by atoms with van der Waals surface area (Å²) in [5.74, 6) is 1.54. The van der Waals surface area contributed by atoms with Gasteiger partial charge in [0.25, 0.3) is 0 Å². The van der Waals surface area contributed by atoms with Gasteiger partial charge in [-0.2, -0.15) is 0 Å². The zero-order chi connectivity index (χ0) is 13.2. The van der Waals surface area contributed by atoms with Crippen LogP contribution in [0.4, 0.5) is 0 Å². The molecule has 0 unspecified atom stereocenters. The first-order valence-corrected chi connectivity index (χ1v) is 7.05. The summed E-state index contributed by atoms with van der Waals surface area (Å²) in [7, 11) is 3.33. The molecule has 0 saturated carbocycles. The number of fused-ring (bicyclic) bond motifs is 1. The fourth-order valence-corrected chi connectivity index (χ4v) is 3.09. The minimum atomic E-state index is 0.757. The molecule has 19 heavy (non-hydrogen) atoms. The number of hydrogen-bond donors (Lipinski definition) is 0. The van der Waals surface area contributed by atoms with Gasteiger partial charge >= 0.3 is 0 Å². The number of rotatable bonds is 3. The predicted octanol–water partition coefficient (Wildman–Crippen LogP) is 3.16. The molecule has 0 fully saturated rings. The van der Waals surface area contributed by atoms with Gasteiger partial charge in [-0.25, -0.2) is 0 Å². The van der Waals surface area contributed by atoms with E-state index in [4.69, 9.17) is 9.47 Å². The molecular formula is C15H15NO2S. The topological polar surface area (TPSA) is 30.8 Å². The summed E-state index contributed by atoms with van der Waals surface area (Å²) in [4.78, 5) is 5.88. The third kappa shape index (κ3) is 2.12. The van der Waals surface area contributed by atoms with Crippen molar-refractivity contribution in [2.24, 2.45) is 4.99 Å². The van der Waals surface area contributed by atoms with Gasteiger partial charge in [0.2, 0.25) is 0 Å². The standard InChI is InChI=1S/C15H15NO2S/c1-17-12-8-10-5-6-16-15(14-4-3-7-19-14)11(10)9-13(12)18-2/h3-4,7-9H,5-6H2,1-2H3. The molecule has 0 saturated heterocycles. The Labute approximate surface area is 116 Å². The van der Waals surface area contributed by atoms with Crippen LogP contribution in [-0.2, 0) is 6.42 Å². The van der Waals surface area contributed by atoms with Crippen molar-refractivity contribution in [3.63, 3.8) is 0 Å². The Balaban J connectivity index is 2.14. The fraction of sp³-hybridized carbons (Fsp3) is 0.267. The second-order valence-electron chi connectivity index (χ2n) is 4.32. The maximum Gasteiger partial charge on any atom is 0.161 e. The normalized spacial score (nSPS) is 13.7. The first kappa shape index (κ1) is 12.2. The van der Waals surface area contributed by atoms with E-state index in [0.717, 1.165) is 35.7 Å². The van der Waals surface area contributed by atoms with Gasteiger partial charge in [-0.15, -0.1) is 11.3 Å². The zero-order valence-electron chi connectivity index (χ0n) is 11.0. The number of methoxy groups -OCH3 is 2. The van der Waals surface area contributed by atoms with Crippen LogP contribution in [0.2, 0.25) is 0 Å². The number of hydrogen-bond acceptors (Lipinski definition) is 4. The van der Waals surface area contributed by atoms with E-state index in [2.05, 4.69) is 28.6 Å². The highest BCUT2D eigenvalue weighted by atomic mass is 32.1. The molecule has 3 rings (SSSR count). The SMILES string of the molecule is COc1cc2c(cc1OC)C(c1cccs1)=NCC2. The van der Waals surface area contributed by atoms with Gasteiger partial charge in [-0.3, -0.25) is 4.99 Å². The highest BCUT2D eigenvalue weighted by Crippen LogP contribution is 2.34. The summed E-state index contributed by atoms with van der Waals surface area (Å²) >= 11 is 1.71. The van der Waals surface area contributed by atoms with Gasteiger partial charge < -0.3 is 9.47 Å². The molecule has 0 radical (unpaired) electrons. The van der Waals surface area contributed by atoms with Gasteiger partial charge in [0, 0.05) is 12.1 Å². The minimum Gasteiger partial charge on any atom is -0.493 e. The second-order valence-corrected chi connectivity index (χ2v) is 5.27. The maximum absolute atomic E-state index is 5.39. The summed E-state index contributed by atoms with van der Waals surface area (Å²) in [5, 5.41) is 2.08. The van der Waals surface area contributed by atoms with Crippen LogP contribution in [0, 0.1) is 0 Å². The van der Waals surface area contributed by atoms with Crippen molar-refractivity contribution < 1.29 is 9.47 Å². The molecule has 0 bridgehead atoms. The van der Waals surface area contributed by atoms with Crippen molar-refractivity contribution in [3.8, 4) is 11.5 Å². The van der Waals surface area contributed by atoms with Gasteiger partial charge in [0.1, 0.15) is 0 Å². The fourth-order valence-electron chi connectivity index (χ4n) is 2.35. The van der Waals surface area contributed by atoms with Gasteiger partial charge in [0.05, 0.1) is 24.8 Å². The summed E-state index contributed by atoms with van der Waals surface area (Å²) < 4.78 is 10.8. The van der Waals surface area contributed by atoms with Crippen LogP contribution in [0.15, 0.2) is 34.6 Å². The molecule has 1 aromatic carbocycles. The van der Waals surface area contributed by atoms with Crippen LogP contribution < -0.4 is 9.47 Å². The lowest BCUT2D eigenvalue weighted by atomic mass is 9.96. The number of thiophene rings is 1. The highest BCUT2D eigenvalue weighted by molar-refractivity contribution is 7.12. The summed E-state index contributed by atoms with van der Waals surface area (Å²) in [6.07, 6.45) is 0.949. The molecule has 1 aliphatic heterocycles. The molecule has 2 heterocycles. The lowest BCUT2D eigenvalue weighted by molar-refractivity contribution is 0.354. The molecule has 98 valence electrons. The average molecular weight is 273 g/mol. The van der Waals surface area contributed by atoms with Crippen molar-refractivity contribution in [1.29, 1.82) is 0 Å². The Morgan fingerprint density at radius 1 is 1.16 bits per heavy atom. The third-order valence-electron chi connectivity index (χ3n) is 3.27. The molecule has 1 aliphatic rings. The Morgan fingerprint density at radius 2 is 1.95 bits per heavy atom. The van der Waals surface area contributed by atoms with E-state index in [1.807, 2.05) is 6.07 Å². The number of aliphatic imine (C=N–C) groups is 1. The number of ether oxygens (including phenoxy) is 2. The molecule has 0 aliphatic carbocycles. The summed E-state index contributed by atoms with van der Waals surface area (Å²) in [6.45, 7) is 0.829. The average Bonchev–Trinajstić information content (AvgIpc) is 2.99. The Kier molecular flexibility index (Phi) is 3.25. The van der Waals surface area contributed by atoms with Crippen LogP contribution in [0.25, 0.3) is 0 Å². The summed E-state index contributed by atoms with van der Waals surface area (Å²) in [6, 6.07) is 8.26. The van der Waals surface area contributed by atoms with Crippen LogP contribution >= 0.6 is 11.3 Å². The predicted molar refractivity (Wildman–Crippen MR) is 78.1 cm³/mol. The molecule has 0 atom stereocenters. The number of benzene rings is 1. The molecule has 4 heteroatoms. The quantitative estimate of drug-likeness (QED) is 0.860. The van der Waals surface area contributed by atoms with Crippen molar-refractivity contribution in [2.45, 2.75) is 6.42 Å². The van der Waals surface area contributed by atoms with Crippen molar-refractivity contribution in [3.05, 3.63) is 45.6 Å². The third-order valence-corrected chi connectivity index (χ3v) is 4.15. The Morgan fingerprint density at radius 3 is 2.63 bits per heavy atom. The molecule has 0 N–H and O–H groups in total. The van der Waals surface area contributed by atoms with Gasteiger partial charge in [0.15, 0.2) is 11.5 Å². The second kappa shape index (κ2) is 5.05. The molecule has 2 aromatic rings. The van der Waals surface area contributed by atoms with Crippen molar-refractivity contribution in [1.82, 2.24) is 0 Å². The molecule has 3 nitrogen and oxygen atoms in total. The Bertz CT molecular complexity index is 617. The minimum absolute atomic E-state index is 0.757. The van der Waals surface area contributed by atoms with E-state index in [-0.39, 0.29) is 0 Å². The van der Waals surface area contributed by atoms with Crippen LogP contribution in [0.5, 0.6) is 11.5 Å². The molecule has 1 aromatic heterocycles. The smallest absolute Gasteiger partial charge is 0.161 e. The molecule has 0 amide bonds. The lowest BCUT2D eigenvalue weighted by Gasteiger charge is -2.19. The lowest BCUT2D eigenvalue weighted by Crippen LogP contribution is -2.13. The first-order chi connectivity index (χ1) is 9.33. The number of nitrogens with zero attached hydrogens (tertiary/aromatic N) is 1. The Hall–Kier alpha value is -1.81. The van der Waals surface area contributed by atoms with Crippen molar-refractivity contribution >= 4 is 17.0 Å². The molecule has 0 spiro atoms. The largest absolute Gasteiger partial charge is 0.493 e. The van der Waals surface area contributed by atoms with E-state index in [1.165, 1.54) is 10.4 Å².